The molecule has 0 saturated heterocycles. The zero-order chi connectivity index (χ0) is 17.9. The van der Waals surface area contributed by atoms with E-state index in [-0.39, 0.29) is 12.5 Å². The van der Waals surface area contributed by atoms with E-state index < -0.39 is 6.10 Å². The van der Waals surface area contributed by atoms with Gasteiger partial charge in [0.2, 0.25) is 0 Å². The first-order valence-electron chi connectivity index (χ1n) is 8.56. The molecule has 3 aromatic rings. The van der Waals surface area contributed by atoms with Crippen LogP contribution < -0.4 is 14.8 Å². The van der Waals surface area contributed by atoms with Crippen LogP contribution in [-0.4, -0.2) is 30.8 Å². The number of ether oxygens (including phenoxy) is 2. The molecule has 0 saturated carbocycles. The molecule has 0 fully saturated rings. The monoisotopic (exact) mass is 349 g/mol. The number of aliphatic hydroxyl groups is 1. The van der Waals surface area contributed by atoms with Crippen molar-refractivity contribution in [3.63, 3.8) is 0 Å². The first-order chi connectivity index (χ1) is 12.7. The molecule has 5 nitrogen and oxygen atoms in total. The van der Waals surface area contributed by atoms with Crippen LogP contribution in [0.3, 0.4) is 0 Å². The van der Waals surface area contributed by atoms with Gasteiger partial charge in [0.15, 0.2) is 11.5 Å². The molecule has 132 valence electrons. The lowest BCUT2D eigenvalue weighted by molar-refractivity contribution is 0.0917. The minimum Gasteiger partial charge on any atom is -0.486 e. The largest absolute Gasteiger partial charge is 0.486 e. The fourth-order valence-electron chi connectivity index (χ4n) is 3.09. The Hall–Kier alpha value is -3.05. The highest BCUT2D eigenvalue weighted by molar-refractivity contribution is 6.07. The van der Waals surface area contributed by atoms with Crippen LogP contribution in [0.4, 0.5) is 0 Å². The lowest BCUT2D eigenvalue weighted by atomic mass is 10.0. The van der Waals surface area contributed by atoms with Crippen molar-refractivity contribution in [1.29, 1.82) is 0 Å². The van der Waals surface area contributed by atoms with Crippen LogP contribution in [0, 0.1) is 0 Å². The highest BCUT2D eigenvalue weighted by Gasteiger charge is 2.17. The normalized spacial score (nSPS) is 14.0. The molecule has 1 heterocycles. The Morgan fingerprint density at radius 1 is 1.00 bits per heavy atom. The number of benzene rings is 3. The van der Waals surface area contributed by atoms with E-state index in [0.717, 1.165) is 10.8 Å². The van der Waals surface area contributed by atoms with Crippen molar-refractivity contribution in [2.45, 2.75) is 6.10 Å². The Bertz CT molecular complexity index is 948. The van der Waals surface area contributed by atoms with Gasteiger partial charge in [-0.25, -0.2) is 0 Å². The second-order valence-electron chi connectivity index (χ2n) is 6.16. The number of fused-ring (bicyclic) bond motifs is 2. The van der Waals surface area contributed by atoms with E-state index in [4.69, 9.17) is 9.47 Å². The summed E-state index contributed by atoms with van der Waals surface area (Å²) in [7, 11) is 0. The maximum Gasteiger partial charge on any atom is 0.252 e. The standard InChI is InChI=1S/C21H19NO4/c23-18(15-8-9-19-20(12-15)26-11-10-25-19)13-22-21(24)17-7-3-5-14-4-1-2-6-16(14)17/h1-9,12,18,23H,10-11,13H2,(H,22,24). The predicted molar refractivity (Wildman–Crippen MR) is 98.7 cm³/mol. The number of hydrogen-bond donors (Lipinski definition) is 2. The summed E-state index contributed by atoms with van der Waals surface area (Å²) in [5.74, 6) is 1.08. The van der Waals surface area contributed by atoms with Gasteiger partial charge in [-0.1, -0.05) is 42.5 Å². The van der Waals surface area contributed by atoms with Gasteiger partial charge in [-0.15, -0.1) is 0 Å². The van der Waals surface area contributed by atoms with Gasteiger partial charge in [-0.3, -0.25) is 4.79 Å². The number of rotatable bonds is 4. The third-order valence-electron chi connectivity index (χ3n) is 4.44. The molecule has 1 aliphatic rings. The van der Waals surface area contributed by atoms with Gasteiger partial charge in [0.25, 0.3) is 5.91 Å². The Kier molecular flexibility index (Phi) is 4.46. The van der Waals surface area contributed by atoms with Crippen LogP contribution in [0.15, 0.2) is 60.7 Å². The van der Waals surface area contributed by atoms with Gasteiger partial charge < -0.3 is 19.9 Å². The van der Waals surface area contributed by atoms with Crippen LogP contribution in [0.2, 0.25) is 0 Å². The van der Waals surface area contributed by atoms with E-state index in [1.54, 1.807) is 24.3 Å². The molecule has 2 N–H and O–H groups in total. The maximum absolute atomic E-state index is 12.6. The van der Waals surface area contributed by atoms with Crippen molar-refractivity contribution in [1.82, 2.24) is 5.32 Å². The van der Waals surface area contributed by atoms with Crippen molar-refractivity contribution in [2.24, 2.45) is 0 Å². The molecule has 26 heavy (non-hydrogen) atoms. The van der Waals surface area contributed by atoms with Crippen LogP contribution in [0.5, 0.6) is 11.5 Å². The average molecular weight is 349 g/mol. The van der Waals surface area contributed by atoms with Crippen LogP contribution in [0.25, 0.3) is 10.8 Å². The van der Waals surface area contributed by atoms with Gasteiger partial charge in [0.05, 0.1) is 6.10 Å². The molecule has 0 aromatic heterocycles. The highest BCUT2D eigenvalue weighted by atomic mass is 16.6. The van der Waals surface area contributed by atoms with Crippen LogP contribution in [0.1, 0.15) is 22.0 Å². The SMILES string of the molecule is O=C(NCC(O)c1ccc2c(c1)OCCO2)c1cccc2ccccc12. The second kappa shape index (κ2) is 7.06. The zero-order valence-corrected chi connectivity index (χ0v) is 14.1. The fraction of sp³-hybridized carbons (Fsp3) is 0.190. The molecule has 0 spiro atoms. The summed E-state index contributed by atoms with van der Waals surface area (Å²) >= 11 is 0. The summed E-state index contributed by atoms with van der Waals surface area (Å²) in [6, 6.07) is 18.7. The van der Waals surface area contributed by atoms with Gasteiger partial charge in [0, 0.05) is 12.1 Å². The molecule has 1 aliphatic heterocycles. The quantitative estimate of drug-likeness (QED) is 0.760. The minimum atomic E-state index is -0.829. The van der Waals surface area contributed by atoms with Crippen LogP contribution >= 0.6 is 0 Å². The zero-order valence-electron chi connectivity index (χ0n) is 14.1. The first-order valence-corrected chi connectivity index (χ1v) is 8.56. The van der Waals surface area contributed by atoms with Crippen LogP contribution in [-0.2, 0) is 0 Å². The number of nitrogens with one attached hydrogen (secondary N) is 1. The molecule has 0 radical (unpaired) electrons. The summed E-state index contributed by atoms with van der Waals surface area (Å²) in [5, 5.41) is 15.1. The van der Waals surface area contributed by atoms with E-state index in [1.165, 1.54) is 0 Å². The topological polar surface area (TPSA) is 67.8 Å². The molecule has 1 amide bonds. The number of aliphatic hydroxyl groups excluding tert-OH is 1. The third kappa shape index (κ3) is 3.21. The lowest BCUT2D eigenvalue weighted by Crippen LogP contribution is -2.28. The van der Waals surface area contributed by atoms with Gasteiger partial charge in [-0.2, -0.15) is 0 Å². The molecule has 3 aromatic carbocycles. The minimum absolute atomic E-state index is 0.113. The van der Waals surface area contributed by atoms with Gasteiger partial charge in [0.1, 0.15) is 13.2 Å². The molecule has 0 bridgehead atoms. The predicted octanol–water partition coefficient (Wildman–Crippen LogP) is 3.07. The second-order valence-corrected chi connectivity index (χ2v) is 6.16. The molecule has 0 aliphatic carbocycles. The Labute approximate surface area is 151 Å². The van der Waals surface area contributed by atoms with Crippen molar-refractivity contribution in [3.05, 3.63) is 71.8 Å². The van der Waals surface area contributed by atoms with E-state index in [2.05, 4.69) is 5.32 Å². The number of carbonyl (C=O) groups excluding carboxylic acids is 1. The fourth-order valence-corrected chi connectivity index (χ4v) is 3.09. The summed E-state index contributed by atoms with van der Waals surface area (Å²) < 4.78 is 11.0. The smallest absolute Gasteiger partial charge is 0.252 e. The van der Waals surface area contributed by atoms with E-state index >= 15 is 0 Å². The van der Waals surface area contributed by atoms with E-state index in [9.17, 15) is 9.90 Å². The summed E-state index contributed by atoms with van der Waals surface area (Å²) in [6.45, 7) is 1.13. The van der Waals surface area contributed by atoms with Gasteiger partial charge >= 0.3 is 0 Å². The summed E-state index contributed by atoms with van der Waals surface area (Å²) in [4.78, 5) is 12.6. The molecule has 5 heteroatoms. The van der Waals surface area contributed by atoms with E-state index in [1.807, 2.05) is 36.4 Å². The molecule has 1 atom stereocenters. The Balaban J connectivity index is 1.47. The number of hydrogen-bond acceptors (Lipinski definition) is 4. The highest BCUT2D eigenvalue weighted by Crippen LogP contribution is 2.32. The Morgan fingerprint density at radius 3 is 2.65 bits per heavy atom. The number of amides is 1. The molecular weight excluding hydrogens is 330 g/mol. The molecule has 4 rings (SSSR count). The Morgan fingerprint density at radius 2 is 1.77 bits per heavy atom. The lowest BCUT2D eigenvalue weighted by Gasteiger charge is -2.20. The summed E-state index contributed by atoms with van der Waals surface area (Å²) in [5.41, 5.74) is 1.27. The summed E-state index contributed by atoms with van der Waals surface area (Å²) in [6.07, 6.45) is -0.829. The van der Waals surface area contributed by atoms with Gasteiger partial charge in [-0.05, 0) is 34.5 Å². The van der Waals surface area contributed by atoms with E-state index in [0.29, 0.717) is 35.8 Å². The maximum atomic E-state index is 12.6. The van der Waals surface area contributed by atoms with Crippen molar-refractivity contribution in [2.75, 3.05) is 19.8 Å². The third-order valence-corrected chi connectivity index (χ3v) is 4.44. The van der Waals surface area contributed by atoms with Crippen molar-refractivity contribution in [3.8, 4) is 11.5 Å². The van der Waals surface area contributed by atoms with Crippen molar-refractivity contribution >= 4 is 16.7 Å². The average Bonchev–Trinajstić information content (AvgIpc) is 2.71. The van der Waals surface area contributed by atoms with Crippen molar-refractivity contribution < 1.29 is 19.4 Å². The number of carbonyl (C=O) groups is 1. The first kappa shape index (κ1) is 16.4. The molecule has 1 unspecified atom stereocenters. The molecular formula is C21H19NO4.